The van der Waals surface area contributed by atoms with Crippen LogP contribution in [0.4, 0.5) is 0 Å². The lowest BCUT2D eigenvalue weighted by molar-refractivity contribution is -0.130. The third-order valence-electron chi connectivity index (χ3n) is 3.69. The van der Waals surface area contributed by atoms with Gasteiger partial charge in [0.1, 0.15) is 6.10 Å². The molecule has 2 aromatic rings. The summed E-state index contributed by atoms with van der Waals surface area (Å²) in [6, 6.07) is 9.90. The number of hydrogen-bond donors (Lipinski definition) is 1. The minimum atomic E-state index is -0.306. The smallest absolute Gasteiger partial charge is 0.249 e. The van der Waals surface area contributed by atoms with Crippen LogP contribution >= 0.6 is 0 Å². The van der Waals surface area contributed by atoms with Gasteiger partial charge in [0.25, 0.3) is 0 Å². The summed E-state index contributed by atoms with van der Waals surface area (Å²) < 4.78 is 7.42. The molecule has 3 rings (SSSR count). The predicted molar refractivity (Wildman–Crippen MR) is 78.5 cm³/mol. The number of hydrogen-bond acceptors (Lipinski definition) is 3. The second-order valence-electron chi connectivity index (χ2n) is 5.23. The Labute approximate surface area is 124 Å². The number of amides is 1. The van der Waals surface area contributed by atoms with Gasteiger partial charge in [-0.05, 0) is 18.4 Å². The lowest BCUT2D eigenvalue weighted by atomic mass is 10.1. The maximum atomic E-state index is 12.3. The summed E-state index contributed by atoms with van der Waals surface area (Å²) in [5.41, 5.74) is 1.08. The van der Waals surface area contributed by atoms with E-state index < -0.39 is 0 Å². The SMILES string of the molecule is O=C(NC(Cn1ccnc1)c1ccccc1)[C@H]1CCCO1. The van der Waals surface area contributed by atoms with Gasteiger partial charge in [0.2, 0.25) is 5.91 Å². The molecule has 0 bridgehead atoms. The highest BCUT2D eigenvalue weighted by atomic mass is 16.5. The molecule has 1 aromatic carbocycles. The molecule has 1 fully saturated rings. The molecule has 1 amide bonds. The van der Waals surface area contributed by atoms with Crippen LogP contribution in [-0.2, 0) is 16.1 Å². The molecule has 0 radical (unpaired) electrons. The Kier molecular flexibility index (Phi) is 4.31. The van der Waals surface area contributed by atoms with Crippen molar-refractivity contribution in [2.45, 2.75) is 31.5 Å². The molecular weight excluding hydrogens is 266 g/mol. The molecule has 1 aliphatic rings. The van der Waals surface area contributed by atoms with E-state index in [9.17, 15) is 4.79 Å². The van der Waals surface area contributed by atoms with Gasteiger partial charge in [-0.15, -0.1) is 0 Å². The number of nitrogens with zero attached hydrogens (tertiary/aromatic N) is 2. The van der Waals surface area contributed by atoms with Crippen molar-refractivity contribution in [3.63, 3.8) is 0 Å². The minimum absolute atomic E-state index is 0.0264. The molecule has 0 spiro atoms. The fourth-order valence-corrected chi connectivity index (χ4v) is 2.57. The molecule has 1 saturated heterocycles. The van der Waals surface area contributed by atoms with Gasteiger partial charge in [-0.3, -0.25) is 4.79 Å². The number of rotatable bonds is 5. The van der Waals surface area contributed by atoms with Crippen LogP contribution in [0.3, 0.4) is 0 Å². The van der Waals surface area contributed by atoms with Crippen LogP contribution in [0.1, 0.15) is 24.4 Å². The zero-order valence-corrected chi connectivity index (χ0v) is 11.8. The van der Waals surface area contributed by atoms with Gasteiger partial charge >= 0.3 is 0 Å². The monoisotopic (exact) mass is 285 g/mol. The van der Waals surface area contributed by atoms with Gasteiger partial charge in [0.15, 0.2) is 0 Å². The average molecular weight is 285 g/mol. The molecule has 0 saturated carbocycles. The van der Waals surface area contributed by atoms with E-state index in [4.69, 9.17) is 4.74 Å². The predicted octanol–water partition coefficient (Wildman–Crippen LogP) is 1.92. The van der Waals surface area contributed by atoms with Crippen LogP contribution in [0.25, 0.3) is 0 Å². The van der Waals surface area contributed by atoms with E-state index in [1.165, 1.54) is 0 Å². The molecule has 2 heterocycles. The maximum absolute atomic E-state index is 12.3. The first kappa shape index (κ1) is 13.8. The van der Waals surface area contributed by atoms with E-state index >= 15 is 0 Å². The zero-order chi connectivity index (χ0) is 14.5. The largest absolute Gasteiger partial charge is 0.368 e. The highest BCUT2D eigenvalue weighted by molar-refractivity contribution is 5.81. The van der Waals surface area contributed by atoms with Crippen LogP contribution in [0.5, 0.6) is 0 Å². The van der Waals surface area contributed by atoms with Gasteiger partial charge in [-0.25, -0.2) is 4.98 Å². The van der Waals surface area contributed by atoms with Crippen LogP contribution in [-0.4, -0.2) is 28.2 Å². The normalized spacial score (nSPS) is 19.3. The lowest BCUT2D eigenvalue weighted by Gasteiger charge is -2.21. The summed E-state index contributed by atoms with van der Waals surface area (Å²) in [6.07, 6.45) is 6.85. The van der Waals surface area contributed by atoms with Crippen LogP contribution in [0.15, 0.2) is 49.1 Å². The van der Waals surface area contributed by atoms with Crippen LogP contribution < -0.4 is 5.32 Å². The highest BCUT2D eigenvalue weighted by Crippen LogP contribution is 2.18. The van der Waals surface area contributed by atoms with Crippen molar-refractivity contribution in [1.29, 1.82) is 0 Å². The summed E-state index contributed by atoms with van der Waals surface area (Å²) in [7, 11) is 0. The summed E-state index contributed by atoms with van der Waals surface area (Å²) in [4.78, 5) is 16.3. The van der Waals surface area contributed by atoms with Crippen molar-refractivity contribution >= 4 is 5.91 Å². The molecule has 1 unspecified atom stereocenters. The Morgan fingerprint density at radius 3 is 2.95 bits per heavy atom. The first-order valence-corrected chi connectivity index (χ1v) is 7.25. The van der Waals surface area contributed by atoms with Crippen molar-refractivity contribution in [1.82, 2.24) is 14.9 Å². The van der Waals surface area contributed by atoms with Gasteiger partial charge in [-0.2, -0.15) is 0 Å². The number of nitrogens with one attached hydrogen (secondary N) is 1. The molecule has 21 heavy (non-hydrogen) atoms. The number of imidazole rings is 1. The number of carbonyl (C=O) groups excluding carboxylic acids is 1. The zero-order valence-electron chi connectivity index (χ0n) is 11.8. The van der Waals surface area contributed by atoms with E-state index in [0.717, 1.165) is 18.4 Å². The first-order chi connectivity index (χ1) is 10.3. The number of aromatic nitrogens is 2. The van der Waals surface area contributed by atoms with E-state index in [2.05, 4.69) is 10.3 Å². The maximum Gasteiger partial charge on any atom is 0.249 e. The molecule has 0 aliphatic carbocycles. The van der Waals surface area contributed by atoms with Gasteiger partial charge in [-0.1, -0.05) is 30.3 Å². The Hall–Kier alpha value is -2.14. The summed E-state index contributed by atoms with van der Waals surface area (Å²) in [5, 5.41) is 3.10. The second-order valence-corrected chi connectivity index (χ2v) is 5.23. The third kappa shape index (κ3) is 3.49. The molecule has 1 aliphatic heterocycles. The Morgan fingerprint density at radius 1 is 1.43 bits per heavy atom. The summed E-state index contributed by atoms with van der Waals surface area (Å²) in [5.74, 6) is -0.0264. The van der Waals surface area contributed by atoms with Gasteiger partial charge in [0, 0.05) is 25.5 Å². The third-order valence-corrected chi connectivity index (χ3v) is 3.69. The molecular formula is C16H19N3O2. The molecule has 5 heteroatoms. The van der Waals surface area contributed by atoms with E-state index in [0.29, 0.717) is 13.2 Å². The fourth-order valence-electron chi connectivity index (χ4n) is 2.57. The van der Waals surface area contributed by atoms with Crippen LogP contribution in [0.2, 0.25) is 0 Å². The molecule has 1 N–H and O–H groups in total. The van der Waals surface area contributed by atoms with Gasteiger partial charge < -0.3 is 14.6 Å². The first-order valence-electron chi connectivity index (χ1n) is 7.25. The fraction of sp³-hybridized carbons (Fsp3) is 0.375. The molecule has 2 atom stereocenters. The number of carbonyl (C=O) groups is 1. The van der Waals surface area contributed by atoms with Crippen molar-refractivity contribution in [3.05, 3.63) is 54.6 Å². The van der Waals surface area contributed by atoms with Crippen molar-refractivity contribution < 1.29 is 9.53 Å². The molecule has 1 aromatic heterocycles. The molecule has 5 nitrogen and oxygen atoms in total. The lowest BCUT2D eigenvalue weighted by Crippen LogP contribution is -2.38. The van der Waals surface area contributed by atoms with Crippen molar-refractivity contribution in [3.8, 4) is 0 Å². The minimum Gasteiger partial charge on any atom is -0.368 e. The number of ether oxygens (including phenoxy) is 1. The van der Waals surface area contributed by atoms with Crippen molar-refractivity contribution in [2.24, 2.45) is 0 Å². The van der Waals surface area contributed by atoms with E-state index in [1.807, 2.05) is 41.1 Å². The number of benzene rings is 1. The standard InChI is InChI=1S/C16H19N3O2/c20-16(15-7-4-10-21-15)18-14(11-19-9-8-17-12-19)13-5-2-1-3-6-13/h1-3,5-6,8-9,12,14-15H,4,7,10-11H2,(H,18,20)/t14?,15-/m1/s1. The summed E-state index contributed by atoms with van der Waals surface area (Å²) >= 11 is 0. The Balaban J connectivity index is 1.73. The summed E-state index contributed by atoms with van der Waals surface area (Å²) in [6.45, 7) is 1.33. The van der Waals surface area contributed by atoms with E-state index in [-0.39, 0.29) is 18.1 Å². The van der Waals surface area contributed by atoms with Crippen molar-refractivity contribution in [2.75, 3.05) is 6.61 Å². The Morgan fingerprint density at radius 2 is 2.29 bits per heavy atom. The Bertz CT molecular complexity index is 562. The second kappa shape index (κ2) is 6.54. The highest BCUT2D eigenvalue weighted by Gasteiger charge is 2.26. The van der Waals surface area contributed by atoms with Crippen LogP contribution in [0, 0.1) is 0 Å². The topological polar surface area (TPSA) is 56.2 Å². The van der Waals surface area contributed by atoms with E-state index in [1.54, 1.807) is 12.5 Å². The average Bonchev–Trinajstić information content (AvgIpc) is 3.21. The van der Waals surface area contributed by atoms with Gasteiger partial charge in [0.05, 0.1) is 12.4 Å². The molecule has 110 valence electrons. The quantitative estimate of drug-likeness (QED) is 0.913.